The Hall–Kier alpha value is -2.90. The lowest BCUT2D eigenvalue weighted by molar-refractivity contribution is 0.348. The van der Waals surface area contributed by atoms with E-state index in [-0.39, 0.29) is 0 Å². The molecule has 7 nitrogen and oxygen atoms in total. The first kappa shape index (κ1) is 18.5. The highest BCUT2D eigenvalue weighted by Crippen LogP contribution is 2.39. The largest absolute Gasteiger partial charge is 0.496 e. The number of aromatic nitrogens is 2. The standard InChI is InChI=1S/C21H25N5O2/c1-13-16-9-23-12-25-21(16)18(11-26(13)2)14-5-19(27-3)17(20(6-14)28-4)10-24-15-7-22-8-15/h5-6,9,11-12,15,22,24H,1,7-8,10H2,2-4H3. The van der Waals surface area contributed by atoms with Gasteiger partial charge in [-0.25, -0.2) is 9.97 Å². The van der Waals surface area contributed by atoms with Crippen LogP contribution >= 0.6 is 0 Å². The molecule has 1 aromatic carbocycles. The number of benzene rings is 1. The van der Waals surface area contributed by atoms with Crippen LogP contribution in [0.25, 0.3) is 11.3 Å². The first-order valence-corrected chi connectivity index (χ1v) is 9.26. The Morgan fingerprint density at radius 2 is 1.96 bits per heavy atom. The van der Waals surface area contributed by atoms with E-state index in [2.05, 4.69) is 27.2 Å². The molecule has 0 unspecified atom stereocenters. The summed E-state index contributed by atoms with van der Waals surface area (Å²) in [7, 11) is 5.34. The molecule has 0 radical (unpaired) electrons. The number of nitrogens with one attached hydrogen (secondary N) is 2. The summed E-state index contributed by atoms with van der Waals surface area (Å²) < 4.78 is 11.4. The van der Waals surface area contributed by atoms with Crippen molar-refractivity contribution in [1.29, 1.82) is 0 Å². The van der Waals surface area contributed by atoms with Gasteiger partial charge in [0.1, 0.15) is 17.8 Å². The van der Waals surface area contributed by atoms with Gasteiger partial charge in [0.2, 0.25) is 0 Å². The molecular weight excluding hydrogens is 354 g/mol. The topological polar surface area (TPSA) is 71.5 Å². The maximum atomic E-state index is 5.71. The number of methoxy groups -OCH3 is 2. The smallest absolute Gasteiger partial charge is 0.127 e. The summed E-state index contributed by atoms with van der Waals surface area (Å²) in [5.41, 5.74) is 5.61. The molecule has 0 saturated carbocycles. The Kier molecular flexibility index (Phi) is 5.02. The zero-order valence-corrected chi connectivity index (χ0v) is 16.5. The summed E-state index contributed by atoms with van der Waals surface area (Å²) in [5.74, 6) is 1.58. The third-order valence-electron chi connectivity index (χ3n) is 5.29. The quantitative estimate of drug-likeness (QED) is 0.794. The van der Waals surface area contributed by atoms with Crippen LogP contribution in [-0.2, 0) is 6.54 Å². The van der Waals surface area contributed by atoms with Crippen molar-refractivity contribution < 1.29 is 9.47 Å². The molecule has 0 bridgehead atoms. The van der Waals surface area contributed by atoms with Crippen molar-refractivity contribution in [3.63, 3.8) is 0 Å². The zero-order valence-electron chi connectivity index (χ0n) is 16.5. The van der Waals surface area contributed by atoms with Crippen molar-refractivity contribution in [2.45, 2.75) is 12.6 Å². The van der Waals surface area contributed by atoms with E-state index in [1.165, 1.54) is 0 Å². The van der Waals surface area contributed by atoms with E-state index in [1.54, 1.807) is 26.7 Å². The van der Waals surface area contributed by atoms with Gasteiger partial charge in [0.15, 0.2) is 0 Å². The molecule has 1 saturated heterocycles. The Morgan fingerprint density at radius 1 is 1.25 bits per heavy atom. The van der Waals surface area contributed by atoms with Gasteiger partial charge in [0, 0.05) is 67.5 Å². The SMILES string of the molecule is C=C1c2cncnc2C(c2cc(OC)c(CNC3CNC3)c(OC)c2)=CN1C. The van der Waals surface area contributed by atoms with Gasteiger partial charge in [-0.3, -0.25) is 0 Å². The molecule has 2 aliphatic heterocycles. The van der Waals surface area contributed by atoms with Crippen molar-refractivity contribution in [2.24, 2.45) is 0 Å². The molecule has 4 rings (SSSR count). The summed E-state index contributed by atoms with van der Waals surface area (Å²) in [5, 5.41) is 6.80. The van der Waals surface area contributed by atoms with Crippen LogP contribution in [0.1, 0.15) is 22.4 Å². The van der Waals surface area contributed by atoms with E-state index in [1.807, 2.05) is 30.3 Å². The molecule has 1 aromatic heterocycles. The average molecular weight is 379 g/mol. The average Bonchev–Trinajstić information content (AvgIpc) is 2.69. The van der Waals surface area contributed by atoms with Gasteiger partial charge in [-0.1, -0.05) is 6.58 Å². The molecule has 0 amide bonds. The monoisotopic (exact) mass is 379 g/mol. The van der Waals surface area contributed by atoms with Crippen LogP contribution in [-0.4, -0.2) is 55.3 Å². The third kappa shape index (κ3) is 3.23. The molecule has 7 heteroatoms. The summed E-state index contributed by atoms with van der Waals surface area (Å²) in [6.45, 7) is 6.80. The van der Waals surface area contributed by atoms with E-state index >= 15 is 0 Å². The van der Waals surface area contributed by atoms with Crippen molar-refractivity contribution in [1.82, 2.24) is 25.5 Å². The minimum Gasteiger partial charge on any atom is -0.496 e. The fourth-order valence-electron chi connectivity index (χ4n) is 3.48. The van der Waals surface area contributed by atoms with Gasteiger partial charge in [0.05, 0.1) is 19.9 Å². The molecule has 0 spiro atoms. The minimum absolute atomic E-state index is 0.485. The zero-order chi connectivity index (χ0) is 19.7. The van der Waals surface area contributed by atoms with Gasteiger partial charge in [-0.15, -0.1) is 0 Å². The number of hydrogen-bond acceptors (Lipinski definition) is 7. The summed E-state index contributed by atoms with van der Waals surface area (Å²) >= 11 is 0. The van der Waals surface area contributed by atoms with E-state index in [9.17, 15) is 0 Å². The van der Waals surface area contributed by atoms with Gasteiger partial charge >= 0.3 is 0 Å². The van der Waals surface area contributed by atoms with Crippen molar-refractivity contribution >= 4 is 11.3 Å². The van der Waals surface area contributed by atoms with E-state index in [0.29, 0.717) is 12.6 Å². The molecule has 3 heterocycles. The molecule has 146 valence electrons. The Labute approximate surface area is 165 Å². The summed E-state index contributed by atoms with van der Waals surface area (Å²) in [6.07, 6.45) is 5.39. The molecule has 0 atom stereocenters. The highest BCUT2D eigenvalue weighted by Gasteiger charge is 2.24. The second kappa shape index (κ2) is 7.61. The van der Waals surface area contributed by atoms with Crippen LogP contribution in [0.15, 0.2) is 37.4 Å². The molecule has 1 fully saturated rings. The second-order valence-electron chi connectivity index (χ2n) is 6.98. The fraction of sp³-hybridized carbons (Fsp3) is 0.333. The number of hydrogen-bond donors (Lipinski definition) is 2. The normalized spacial score (nSPS) is 16.3. The second-order valence-corrected chi connectivity index (χ2v) is 6.98. The lowest BCUT2D eigenvalue weighted by Gasteiger charge is -2.29. The third-order valence-corrected chi connectivity index (χ3v) is 5.29. The maximum absolute atomic E-state index is 5.71. The molecule has 28 heavy (non-hydrogen) atoms. The van der Waals surface area contributed by atoms with Crippen LogP contribution in [0.3, 0.4) is 0 Å². The van der Waals surface area contributed by atoms with Crippen LogP contribution in [0.4, 0.5) is 0 Å². The fourth-order valence-corrected chi connectivity index (χ4v) is 3.48. The highest BCUT2D eigenvalue weighted by molar-refractivity contribution is 5.88. The van der Waals surface area contributed by atoms with Gasteiger partial charge in [-0.05, 0) is 17.7 Å². The Bertz CT molecular complexity index is 911. The van der Waals surface area contributed by atoms with Crippen molar-refractivity contribution in [3.8, 4) is 11.5 Å². The lowest BCUT2D eigenvalue weighted by atomic mass is 9.94. The summed E-state index contributed by atoms with van der Waals surface area (Å²) in [6, 6.07) is 4.56. The lowest BCUT2D eigenvalue weighted by Crippen LogP contribution is -2.55. The summed E-state index contributed by atoms with van der Waals surface area (Å²) in [4.78, 5) is 10.6. The van der Waals surface area contributed by atoms with Crippen molar-refractivity contribution in [3.05, 3.63) is 59.8 Å². The van der Waals surface area contributed by atoms with Gasteiger partial charge in [0.25, 0.3) is 0 Å². The Morgan fingerprint density at radius 3 is 2.57 bits per heavy atom. The van der Waals surface area contributed by atoms with E-state index in [0.717, 1.165) is 58.2 Å². The number of fused-ring (bicyclic) bond motifs is 1. The number of rotatable bonds is 6. The number of ether oxygens (including phenoxy) is 2. The van der Waals surface area contributed by atoms with Crippen LogP contribution < -0.4 is 20.1 Å². The van der Waals surface area contributed by atoms with E-state index in [4.69, 9.17) is 9.47 Å². The van der Waals surface area contributed by atoms with Crippen LogP contribution in [0, 0.1) is 0 Å². The number of nitrogens with zero attached hydrogens (tertiary/aromatic N) is 3. The maximum Gasteiger partial charge on any atom is 0.127 e. The van der Waals surface area contributed by atoms with E-state index < -0.39 is 0 Å². The molecule has 2 aliphatic rings. The molecule has 0 aliphatic carbocycles. The molecular formula is C21H25N5O2. The van der Waals surface area contributed by atoms with Crippen LogP contribution in [0.5, 0.6) is 11.5 Å². The highest BCUT2D eigenvalue weighted by atomic mass is 16.5. The first-order chi connectivity index (χ1) is 13.6. The molecule has 2 aromatic rings. The predicted molar refractivity (Wildman–Crippen MR) is 109 cm³/mol. The first-order valence-electron chi connectivity index (χ1n) is 9.26. The molecule has 2 N–H and O–H groups in total. The van der Waals surface area contributed by atoms with Crippen molar-refractivity contribution in [2.75, 3.05) is 34.4 Å². The predicted octanol–water partition coefficient (Wildman–Crippen LogP) is 1.86. The Balaban J connectivity index is 1.75. The van der Waals surface area contributed by atoms with Crippen LogP contribution in [0.2, 0.25) is 0 Å². The van der Waals surface area contributed by atoms with Gasteiger partial charge in [-0.2, -0.15) is 0 Å². The minimum atomic E-state index is 0.485. The van der Waals surface area contributed by atoms with Gasteiger partial charge < -0.3 is 25.0 Å².